The van der Waals surface area contributed by atoms with Gasteiger partial charge >= 0.3 is 0 Å². The fourth-order valence-corrected chi connectivity index (χ4v) is 1.31. The number of primary amides is 1. The van der Waals surface area contributed by atoms with Gasteiger partial charge < -0.3 is 15.8 Å². The molecule has 5 heteroatoms. The number of rotatable bonds is 3. The van der Waals surface area contributed by atoms with Crippen LogP contribution in [0.4, 0.5) is 0 Å². The Bertz CT molecular complexity index is 388. The first-order valence-electron chi connectivity index (χ1n) is 4.81. The lowest BCUT2D eigenvalue weighted by molar-refractivity contribution is 0.0980. The van der Waals surface area contributed by atoms with E-state index in [1.807, 2.05) is 6.92 Å². The molecule has 15 heavy (non-hydrogen) atoms. The molecule has 1 aromatic rings. The Morgan fingerprint density at radius 3 is 2.87 bits per heavy atom. The van der Waals surface area contributed by atoms with Crippen molar-refractivity contribution in [1.29, 1.82) is 0 Å². The molecule has 1 amide bonds. The highest BCUT2D eigenvalue weighted by Gasteiger charge is 2.21. The maximum absolute atomic E-state index is 11.1. The predicted octanol–water partition coefficient (Wildman–Crippen LogP) is -0.160. The molecule has 0 aromatic carbocycles. The molecule has 0 aliphatic carbocycles. The molecular weight excluding hydrogens is 194 g/mol. The summed E-state index contributed by atoms with van der Waals surface area (Å²) in [5, 5.41) is 3.08. The smallest absolute Gasteiger partial charge is 0.254 e. The van der Waals surface area contributed by atoms with Gasteiger partial charge in [0.2, 0.25) is 5.88 Å². The van der Waals surface area contributed by atoms with Crippen molar-refractivity contribution in [2.24, 2.45) is 5.73 Å². The van der Waals surface area contributed by atoms with E-state index in [4.69, 9.17) is 10.5 Å². The van der Waals surface area contributed by atoms with Crippen molar-refractivity contribution < 1.29 is 9.53 Å². The van der Waals surface area contributed by atoms with E-state index in [1.54, 1.807) is 12.1 Å². The summed E-state index contributed by atoms with van der Waals surface area (Å²) in [7, 11) is 0. The van der Waals surface area contributed by atoms with Crippen molar-refractivity contribution in [1.82, 2.24) is 10.3 Å². The van der Waals surface area contributed by atoms with E-state index in [9.17, 15) is 4.79 Å². The highest BCUT2D eigenvalue weighted by molar-refractivity contribution is 5.95. The molecule has 2 heterocycles. The number of carbonyl (C=O) groups is 1. The van der Waals surface area contributed by atoms with E-state index in [1.165, 1.54) is 0 Å². The number of hydrogen-bond donors (Lipinski definition) is 2. The molecule has 0 saturated carbocycles. The molecule has 1 aliphatic rings. The van der Waals surface area contributed by atoms with Crippen LogP contribution in [-0.4, -0.2) is 30.1 Å². The van der Waals surface area contributed by atoms with Gasteiger partial charge in [-0.2, -0.15) is 0 Å². The Morgan fingerprint density at radius 1 is 1.60 bits per heavy atom. The minimum atomic E-state index is -0.509. The molecular formula is C10H13N3O2. The van der Waals surface area contributed by atoms with Gasteiger partial charge in [-0.1, -0.05) is 0 Å². The van der Waals surface area contributed by atoms with Gasteiger partial charge in [-0.3, -0.25) is 4.79 Å². The van der Waals surface area contributed by atoms with Gasteiger partial charge in [0.25, 0.3) is 5.91 Å². The number of amides is 1. The molecule has 0 atom stereocenters. The summed E-state index contributed by atoms with van der Waals surface area (Å²) in [5.41, 5.74) is 6.37. The third kappa shape index (κ3) is 2.07. The van der Waals surface area contributed by atoms with Crippen LogP contribution >= 0.6 is 0 Å². The van der Waals surface area contributed by atoms with Gasteiger partial charge in [-0.25, -0.2) is 4.98 Å². The summed E-state index contributed by atoms with van der Waals surface area (Å²) in [4.78, 5) is 15.3. The van der Waals surface area contributed by atoms with E-state index >= 15 is 0 Å². The van der Waals surface area contributed by atoms with Crippen molar-refractivity contribution in [3.05, 3.63) is 23.4 Å². The first kappa shape index (κ1) is 9.92. The highest BCUT2D eigenvalue weighted by atomic mass is 16.5. The molecule has 0 bridgehead atoms. The van der Waals surface area contributed by atoms with E-state index in [-0.39, 0.29) is 6.10 Å². The number of aryl methyl sites for hydroxylation is 1. The number of nitrogens with zero attached hydrogens (tertiary/aromatic N) is 1. The average molecular weight is 207 g/mol. The van der Waals surface area contributed by atoms with Crippen molar-refractivity contribution >= 4 is 5.91 Å². The van der Waals surface area contributed by atoms with Crippen LogP contribution in [0.3, 0.4) is 0 Å². The minimum absolute atomic E-state index is 0.0948. The summed E-state index contributed by atoms with van der Waals surface area (Å²) >= 11 is 0. The largest absolute Gasteiger partial charge is 0.471 e. The third-order valence-corrected chi connectivity index (χ3v) is 2.29. The molecule has 3 N–H and O–H groups in total. The second kappa shape index (κ2) is 3.86. The Morgan fingerprint density at radius 2 is 2.33 bits per heavy atom. The van der Waals surface area contributed by atoms with Gasteiger partial charge in [0.05, 0.1) is 0 Å². The van der Waals surface area contributed by atoms with Crippen LogP contribution in [0.5, 0.6) is 5.88 Å². The maximum atomic E-state index is 11.1. The second-order valence-electron chi connectivity index (χ2n) is 3.57. The predicted molar refractivity (Wildman–Crippen MR) is 54.8 cm³/mol. The van der Waals surface area contributed by atoms with Crippen LogP contribution in [0.25, 0.3) is 0 Å². The topological polar surface area (TPSA) is 77.2 Å². The van der Waals surface area contributed by atoms with E-state index in [0.29, 0.717) is 11.4 Å². The van der Waals surface area contributed by atoms with E-state index < -0.39 is 5.91 Å². The number of aromatic nitrogens is 1. The Balaban J connectivity index is 2.24. The van der Waals surface area contributed by atoms with Crippen LogP contribution in [0.1, 0.15) is 16.1 Å². The average Bonchev–Trinajstić information content (AvgIpc) is 2.11. The zero-order chi connectivity index (χ0) is 10.8. The minimum Gasteiger partial charge on any atom is -0.471 e. The van der Waals surface area contributed by atoms with Crippen molar-refractivity contribution in [3.8, 4) is 5.88 Å². The summed E-state index contributed by atoms with van der Waals surface area (Å²) in [6.45, 7) is 3.41. The SMILES string of the molecule is Cc1ccc(C(N)=O)c(OC2CNC2)n1. The Hall–Kier alpha value is -1.62. The van der Waals surface area contributed by atoms with Gasteiger partial charge in [0, 0.05) is 18.8 Å². The van der Waals surface area contributed by atoms with Gasteiger partial charge in [0.15, 0.2) is 0 Å². The molecule has 0 radical (unpaired) electrons. The van der Waals surface area contributed by atoms with Crippen LogP contribution in [0.15, 0.2) is 12.1 Å². The zero-order valence-corrected chi connectivity index (χ0v) is 8.49. The molecule has 1 aromatic heterocycles. The lowest BCUT2D eigenvalue weighted by atomic mass is 10.2. The summed E-state index contributed by atoms with van der Waals surface area (Å²) in [6, 6.07) is 3.39. The van der Waals surface area contributed by atoms with Gasteiger partial charge in [-0.05, 0) is 19.1 Å². The number of nitrogens with two attached hydrogens (primary N) is 1. The zero-order valence-electron chi connectivity index (χ0n) is 8.49. The quantitative estimate of drug-likeness (QED) is 0.722. The van der Waals surface area contributed by atoms with Gasteiger partial charge in [-0.15, -0.1) is 0 Å². The molecule has 5 nitrogen and oxygen atoms in total. The van der Waals surface area contributed by atoms with Crippen LogP contribution in [0, 0.1) is 6.92 Å². The fraction of sp³-hybridized carbons (Fsp3) is 0.400. The molecule has 1 fully saturated rings. The lowest BCUT2D eigenvalue weighted by Gasteiger charge is -2.27. The Kier molecular flexibility index (Phi) is 2.55. The number of ether oxygens (including phenoxy) is 1. The van der Waals surface area contributed by atoms with Crippen molar-refractivity contribution in [2.45, 2.75) is 13.0 Å². The van der Waals surface area contributed by atoms with E-state index in [2.05, 4.69) is 10.3 Å². The maximum Gasteiger partial charge on any atom is 0.254 e. The van der Waals surface area contributed by atoms with Crippen LogP contribution in [-0.2, 0) is 0 Å². The Labute approximate surface area is 87.6 Å². The molecule has 2 rings (SSSR count). The standard InChI is InChI=1S/C10H13N3O2/c1-6-2-3-8(9(11)14)10(13-6)15-7-4-12-5-7/h2-3,7,12H,4-5H2,1H3,(H2,11,14). The van der Waals surface area contributed by atoms with E-state index in [0.717, 1.165) is 18.8 Å². The number of pyridine rings is 1. The number of nitrogens with one attached hydrogen (secondary N) is 1. The number of carbonyl (C=O) groups excluding carboxylic acids is 1. The summed E-state index contributed by atoms with van der Waals surface area (Å²) in [5.74, 6) is -0.168. The molecule has 80 valence electrons. The van der Waals surface area contributed by atoms with Crippen LogP contribution < -0.4 is 15.8 Å². The monoisotopic (exact) mass is 207 g/mol. The molecule has 0 spiro atoms. The first-order chi connectivity index (χ1) is 7.16. The van der Waals surface area contributed by atoms with Gasteiger partial charge in [0.1, 0.15) is 11.7 Å². The van der Waals surface area contributed by atoms with Crippen molar-refractivity contribution in [2.75, 3.05) is 13.1 Å². The fourth-order valence-electron chi connectivity index (χ4n) is 1.31. The highest BCUT2D eigenvalue weighted by Crippen LogP contribution is 2.17. The van der Waals surface area contributed by atoms with Crippen molar-refractivity contribution in [3.63, 3.8) is 0 Å². The third-order valence-electron chi connectivity index (χ3n) is 2.29. The first-order valence-corrected chi connectivity index (χ1v) is 4.81. The summed E-state index contributed by atoms with van der Waals surface area (Å²) < 4.78 is 5.55. The lowest BCUT2D eigenvalue weighted by Crippen LogP contribution is -2.50. The molecule has 1 aliphatic heterocycles. The second-order valence-corrected chi connectivity index (χ2v) is 3.57. The molecule has 1 saturated heterocycles. The summed E-state index contributed by atoms with van der Waals surface area (Å²) in [6.07, 6.45) is 0.0948. The van der Waals surface area contributed by atoms with Crippen LogP contribution in [0.2, 0.25) is 0 Å². The molecule has 0 unspecified atom stereocenters. The number of hydrogen-bond acceptors (Lipinski definition) is 4. The normalized spacial score (nSPS) is 15.8.